The molecule has 5 rings (SSSR count). The summed E-state index contributed by atoms with van der Waals surface area (Å²) < 4.78 is 18.2. The molecule has 1 fully saturated rings. The number of amides is 1. The SMILES string of the molecule is COCOc1cc2nn(C)cc2cc1-c1cc(Cl)c2cc(N3CCN(C(=O)OC(C)(C)C)CC3)cnc2n1. The average Bonchev–Trinajstić information content (AvgIpc) is 3.24. The molecule has 3 aromatic heterocycles. The number of rotatable bonds is 5. The third-order valence-electron chi connectivity index (χ3n) is 6.22. The van der Waals surface area contributed by atoms with Gasteiger partial charge in [0.2, 0.25) is 0 Å². The maximum absolute atomic E-state index is 12.4. The van der Waals surface area contributed by atoms with Gasteiger partial charge in [-0.05, 0) is 39.0 Å². The highest BCUT2D eigenvalue weighted by Crippen LogP contribution is 2.36. The van der Waals surface area contributed by atoms with Crippen LogP contribution in [0.5, 0.6) is 5.75 Å². The maximum Gasteiger partial charge on any atom is 0.410 e. The molecular formula is C27H31ClN6O4. The van der Waals surface area contributed by atoms with E-state index in [9.17, 15) is 4.79 Å². The van der Waals surface area contributed by atoms with Crippen LogP contribution in [0.1, 0.15) is 20.8 Å². The normalized spacial score (nSPS) is 14.4. The second-order valence-corrected chi connectivity index (χ2v) is 10.7. The molecule has 4 aromatic rings. The summed E-state index contributed by atoms with van der Waals surface area (Å²) >= 11 is 6.78. The molecule has 0 spiro atoms. The van der Waals surface area contributed by atoms with Crippen LogP contribution in [0.2, 0.25) is 5.02 Å². The molecule has 200 valence electrons. The van der Waals surface area contributed by atoms with Crippen LogP contribution in [-0.2, 0) is 16.5 Å². The predicted molar refractivity (Wildman–Crippen MR) is 147 cm³/mol. The fourth-order valence-electron chi connectivity index (χ4n) is 4.46. The number of halogens is 1. The Balaban J connectivity index is 1.41. The Hall–Kier alpha value is -3.63. The molecular weight excluding hydrogens is 508 g/mol. The van der Waals surface area contributed by atoms with Crippen LogP contribution in [0.4, 0.5) is 10.5 Å². The summed E-state index contributed by atoms with van der Waals surface area (Å²) in [6, 6.07) is 7.68. The summed E-state index contributed by atoms with van der Waals surface area (Å²) in [5, 5.41) is 6.72. The van der Waals surface area contributed by atoms with Crippen LogP contribution in [0, 0.1) is 0 Å². The van der Waals surface area contributed by atoms with E-state index in [1.807, 2.05) is 58.3 Å². The fourth-order valence-corrected chi connectivity index (χ4v) is 4.70. The van der Waals surface area contributed by atoms with Crippen molar-refractivity contribution in [2.45, 2.75) is 26.4 Å². The number of ether oxygens (including phenoxy) is 3. The first-order valence-corrected chi connectivity index (χ1v) is 12.8. The largest absolute Gasteiger partial charge is 0.467 e. The Morgan fingerprint density at radius 3 is 2.58 bits per heavy atom. The van der Waals surface area contributed by atoms with E-state index in [1.165, 1.54) is 0 Å². The van der Waals surface area contributed by atoms with E-state index in [4.69, 9.17) is 30.8 Å². The summed E-state index contributed by atoms with van der Waals surface area (Å²) in [6.45, 7) is 8.18. The number of carbonyl (C=O) groups excluding carboxylic acids is 1. The van der Waals surface area contributed by atoms with Crippen molar-refractivity contribution in [3.8, 4) is 17.0 Å². The van der Waals surface area contributed by atoms with Gasteiger partial charge in [0.15, 0.2) is 12.4 Å². The zero-order chi connectivity index (χ0) is 27.0. The van der Waals surface area contributed by atoms with Gasteiger partial charge in [0, 0.05) is 68.9 Å². The van der Waals surface area contributed by atoms with Crippen LogP contribution in [0.3, 0.4) is 0 Å². The number of anilines is 1. The van der Waals surface area contributed by atoms with E-state index in [0.29, 0.717) is 48.3 Å². The minimum absolute atomic E-state index is 0.0927. The first kappa shape index (κ1) is 26.0. The summed E-state index contributed by atoms with van der Waals surface area (Å²) in [6.07, 6.45) is 3.45. The number of pyridine rings is 2. The lowest BCUT2D eigenvalue weighted by Crippen LogP contribution is -2.50. The quantitative estimate of drug-likeness (QED) is 0.332. The van der Waals surface area contributed by atoms with Crippen LogP contribution in [0.25, 0.3) is 33.2 Å². The van der Waals surface area contributed by atoms with E-state index in [0.717, 1.165) is 27.5 Å². The van der Waals surface area contributed by atoms with Crippen molar-refractivity contribution in [3.63, 3.8) is 0 Å². The minimum atomic E-state index is -0.514. The number of hydrogen-bond donors (Lipinski definition) is 0. The van der Waals surface area contributed by atoms with Gasteiger partial charge in [-0.15, -0.1) is 0 Å². The number of piperazine rings is 1. The monoisotopic (exact) mass is 538 g/mol. The number of aromatic nitrogens is 4. The van der Waals surface area contributed by atoms with Crippen LogP contribution in [0.15, 0.2) is 36.7 Å². The van der Waals surface area contributed by atoms with Crippen molar-refractivity contribution in [2.75, 3.05) is 45.0 Å². The number of benzene rings is 1. The molecule has 0 aliphatic carbocycles. The predicted octanol–water partition coefficient (Wildman–Crippen LogP) is 4.88. The molecule has 10 nitrogen and oxygen atoms in total. The van der Waals surface area contributed by atoms with Gasteiger partial charge in [-0.25, -0.2) is 14.8 Å². The number of carbonyl (C=O) groups is 1. The molecule has 0 atom stereocenters. The van der Waals surface area contributed by atoms with Gasteiger partial charge in [-0.1, -0.05) is 11.6 Å². The zero-order valence-corrected chi connectivity index (χ0v) is 22.9. The van der Waals surface area contributed by atoms with Gasteiger partial charge < -0.3 is 24.0 Å². The van der Waals surface area contributed by atoms with Crippen molar-refractivity contribution in [2.24, 2.45) is 7.05 Å². The van der Waals surface area contributed by atoms with E-state index >= 15 is 0 Å². The Morgan fingerprint density at radius 2 is 1.87 bits per heavy atom. The van der Waals surface area contributed by atoms with Gasteiger partial charge >= 0.3 is 6.09 Å². The van der Waals surface area contributed by atoms with Crippen molar-refractivity contribution >= 4 is 45.3 Å². The van der Waals surface area contributed by atoms with E-state index in [1.54, 1.807) is 22.9 Å². The highest BCUT2D eigenvalue weighted by atomic mass is 35.5. The number of fused-ring (bicyclic) bond motifs is 2. The molecule has 11 heteroatoms. The number of methoxy groups -OCH3 is 1. The molecule has 0 saturated carbocycles. The van der Waals surface area contributed by atoms with Crippen LogP contribution >= 0.6 is 11.6 Å². The van der Waals surface area contributed by atoms with Crippen LogP contribution in [-0.4, -0.2) is 76.4 Å². The number of nitrogens with zero attached hydrogens (tertiary/aromatic N) is 6. The second-order valence-electron chi connectivity index (χ2n) is 10.3. The Bertz CT molecular complexity index is 1490. The molecule has 4 heterocycles. The molecule has 0 unspecified atom stereocenters. The Labute approximate surface area is 226 Å². The lowest BCUT2D eigenvalue weighted by molar-refractivity contribution is 0.0240. The van der Waals surface area contributed by atoms with Crippen molar-refractivity contribution < 1.29 is 19.0 Å². The molecule has 1 aromatic carbocycles. The molecule has 0 N–H and O–H groups in total. The third kappa shape index (κ3) is 5.46. The van der Waals surface area contributed by atoms with Gasteiger partial charge in [-0.2, -0.15) is 5.10 Å². The lowest BCUT2D eigenvalue weighted by Gasteiger charge is -2.36. The summed E-state index contributed by atoms with van der Waals surface area (Å²) in [5.74, 6) is 0.598. The molecule has 0 radical (unpaired) electrons. The van der Waals surface area contributed by atoms with E-state index < -0.39 is 5.60 Å². The average molecular weight is 539 g/mol. The topological polar surface area (TPSA) is 94.8 Å². The standard InChI is InChI=1S/C27H31ClN6O4/c1-27(2,3)38-26(35)34-8-6-33(7-9-34)18-11-19-21(28)12-23(30-25(19)29-14-18)20-10-17-15-32(4)31-22(17)13-24(20)37-16-36-5/h10-15H,6-9,16H2,1-5H3. The van der Waals surface area contributed by atoms with Gasteiger partial charge in [0.05, 0.1) is 28.1 Å². The van der Waals surface area contributed by atoms with Gasteiger partial charge in [0.25, 0.3) is 0 Å². The van der Waals surface area contributed by atoms with Crippen molar-refractivity contribution in [3.05, 3.63) is 41.7 Å². The first-order valence-electron chi connectivity index (χ1n) is 12.4. The lowest BCUT2D eigenvalue weighted by atomic mass is 10.1. The molecule has 1 saturated heterocycles. The first-order chi connectivity index (χ1) is 18.1. The maximum atomic E-state index is 12.4. The zero-order valence-electron chi connectivity index (χ0n) is 22.2. The minimum Gasteiger partial charge on any atom is -0.467 e. The summed E-state index contributed by atoms with van der Waals surface area (Å²) in [4.78, 5) is 25.8. The Kier molecular flexibility index (Phi) is 7.02. The summed E-state index contributed by atoms with van der Waals surface area (Å²) in [7, 11) is 3.45. The molecule has 0 bridgehead atoms. The molecule has 1 aliphatic rings. The molecule has 38 heavy (non-hydrogen) atoms. The number of aryl methyl sites for hydroxylation is 1. The smallest absolute Gasteiger partial charge is 0.410 e. The van der Waals surface area contributed by atoms with E-state index in [2.05, 4.69) is 15.0 Å². The highest BCUT2D eigenvalue weighted by Gasteiger charge is 2.26. The van der Waals surface area contributed by atoms with Gasteiger partial charge in [-0.3, -0.25) is 4.68 Å². The highest BCUT2D eigenvalue weighted by molar-refractivity contribution is 6.35. The van der Waals surface area contributed by atoms with Crippen molar-refractivity contribution in [1.82, 2.24) is 24.6 Å². The van der Waals surface area contributed by atoms with Crippen LogP contribution < -0.4 is 9.64 Å². The second kappa shape index (κ2) is 10.3. The summed E-state index contributed by atoms with van der Waals surface area (Å²) in [5.41, 5.74) is 3.18. The third-order valence-corrected chi connectivity index (χ3v) is 6.54. The Morgan fingerprint density at radius 1 is 1.11 bits per heavy atom. The molecule has 1 amide bonds. The fraction of sp³-hybridized carbons (Fsp3) is 0.407. The molecule has 1 aliphatic heterocycles. The van der Waals surface area contributed by atoms with Gasteiger partial charge in [0.1, 0.15) is 11.4 Å². The number of hydrogen-bond acceptors (Lipinski definition) is 8. The van der Waals surface area contributed by atoms with Crippen molar-refractivity contribution in [1.29, 1.82) is 0 Å². The van der Waals surface area contributed by atoms with E-state index in [-0.39, 0.29) is 12.9 Å².